The van der Waals surface area contributed by atoms with Gasteiger partial charge in [-0.3, -0.25) is 0 Å². The quantitative estimate of drug-likeness (QED) is 0.463. The number of allylic oxidation sites excluding steroid dienone is 1. The van der Waals surface area contributed by atoms with Gasteiger partial charge in [-0.2, -0.15) is 0 Å². The number of hydrogen-bond donors (Lipinski definition) is 0. The van der Waals surface area contributed by atoms with E-state index in [-0.39, 0.29) is 0 Å². The fourth-order valence-corrected chi connectivity index (χ4v) is 2.74. The first-order valence-electron chi connectivity index (χ1n) is 4.72. The molecule has 0 nitrogen and oxygen atoms in total. The summed E-state index contributed by atoms with van der Waals surface area (Å²) in [5.41, 5.74) is 2.89. The Balaban J connectivity index is 2.05. The molecule has 0 amide bonds. The summed E-state index contributed by atoms with van der Waals surface area (Å²) in [6.45, 7) is 8.89. The Morgan fingerprint density at radius 2 is 1.64 bits per heavy atom. The lowest BCUT2D eigenvalue weighted by atomic mass is 9.79. The summed E-state index contributed by atoms with van der Waals surface area (Å²) >= 11 is 0. The second-order valence-electron chi connectivity index (χ2n) is 5.09. The zero-order valence-corrected chi connectivity index (χ0v) is 7.74. The minimum atomic E-state index is 0.660. The van der Waals surface area contributed by atoms with E-state index in [1.807, 2.05) is 0 Å². The minimum absolute atomic E-state index is 0.660. The molecule has 0 atom stereocenters. The average Bonchev–Trinajstić information content (AvgIpc) is 2.44. The zero-order valence-electron chi connectivity index (χ0n) is 7.74. The van der Waals surface area contributed by atoms with E-state index < -0.39 is 0 Å². The minimum Gasteiger partial charge on any atom is -0.0999 e. The van der Waals surface area contributed by atoms with Crippen LogP contribution in [0.4, 0.5) is 0 Å². The Kier molecular flexibility index (Phi) is 1.28. The van der Waals surface area contributed by atoms with Gasteiger partial charge in [0.2, 0.25) is 0 Å². The van der Waals surface area contributed by atoms with Crippen molar-refractivity contribution in [1.29, 1.82) is 0 Å². The standard InChI is InChI=1S/C11H18/c1-9-4-6-11(7-5-9)8-10(11,2)3/h1,4-8H2,2-3H3. The highest BCUT2D eigenvalue weighted by Crippen LogP contribution is 2.70. The van der Waals surface area contributed by atoms with Gasteiger partial charge in [-0.05, 0) is 42.9 Å². The fraction of sp³-hybridized carbons (Fsp3) is 0.818. The van der Waals surface area contributed by atoms with Crippen LogP contribution < -0.4 is 0 Å². The zero-order chi connectivity index (χ0) is 8.11. The molecule has 2 rings (SSSR count). The van der Waals surface area contributed by atoms with E-state index in [4.69, 9.17) is 0 Å². The maximum atomic E-state index is 4.06. The van der Waals surface area contributed by atoms with Crippen molar-refractivity contribution in [3.63, 3.8) is 0 Å². The van der Waals surface area contributed by atoms with Gasteiger partial charge in [0.1, 0.15) is 0 Å². The van der Waals surface area contributed by atoms with Gasteiger partial charge in [-0.1, -0.05) is 26.0 Å². The monoisotopic (exact) mass is 150 g/mol. The first-order chi connectivity index (χ1) is 5.06. The van der Waals surface area contributed by atoms with Gasteiger partial charge in [-0.25, -0.2) is 0 Å². The SMILES string of the molecule is C=C1CCC2(CC1)CC2(C)C. The highest BCUT2D eigenvalue weighted by atomic mass is 14.6. The van der Waals surface area contributed by atoms with Crippen molar-refractivity contribution in [2.45, 2.75) is 46.0 Å². The number of rotatable bonds is 0. The van der Waals surface area contributed by atoms with Crippen LogP contribution in [0, 0.1) is 10.8 Å². The molecule has 0 unspecified atom stereocenters. The Hall–Kier alpha value is -0.260. The van der Waals surface area contributed by atoms with Crippen LogP contribution in [-0.2, 0) is 0 Å². The highest BCUT2D eigenvalue weighted by molar-refractivity contribution is 5.15. The Morgan fingerprint density at radius 3 is 2.00 bits per heavy atom. The van der Waals surface area contributed by atoms with Crippen LogP contribution in [0.2, 0.25) is 0 Å². The Labute approximate surface area is 69.7 Å². The van der Waals surface area contributed by atoms with Crippen molar-refractivity contribution in [3.05, 3.63) is 12.2 Å². The third-order valence-corrected chi connectivity index (χ3v) is 4.01. The molecule has 62 valence electrons. The maximum Gasteiger partial charge on any atom is -0.0235 e. The summed E-state index contributed by atoms with van der Waals surface area (Å²) in [5, 5.41) is 0. The lowest BCUT2D eigenvalue weighted by molar-refractivity contribution is 0.304. The molecule has 2 aliphatic carbocycles. The van der Waals surface area contributed by atoms with E-state index in [2.05, 4.69) is 20.4 Å². The second kappa shape index (κ2) is 1.91. The van der Waals surface area contributed by atoms with E-state index in [1.165, 1.54) is 37.7 Å². The summed E-state index contributed by atoms with van der Waals surface area (Å²) in [6.07, 6.45) is 6.89. The fourth-order valence-electron chi connectivity index (χ4n) is 2.74. The summed E-state index contributed by atoms with van der Waals surface area (Å²) in [4.78, 5) is 0. The smallest absolute Gasteiger partial charge is 0.0235 e. The molecular formula is C11H18. The molecule has 0 heterocycles. The molecular weight excluding hydrogens is 132 g/mol. The van der Waals surface area contributed by atoms with E-state index in [1.54, 1.807) is 0 Å². The van der Waals surface area contributed by atoms with Crippen molar-refractivity contribution < 1.29 is 0 Å². The van der Waals surface area contributed by atoms with Crippen LogP contribution in [0.3, 0.4) is 0 Å². The van der Waals surface area contributed by atoms with Gasteiger partial charge in [0.15, 0.2) is 0 Å². The summed E-state index contributed by atoms with van der Waals surface area (Å²) in [7, 11) is 0. The van der Waals surface area contributed by atoms with Gasteiger partial charge in [0, 0.05) is 0 Å². The van der Waals surface area contributed by atoms with Gasteiger partial charge in [-0.15, -0.1) is 0 Å². The first-order valence-corrected chi connectivity index (χ1v) is 4.72. The van der Waals surface area contributed by atoms with Gasteiger partial charge in [0.25, 0.3) is 0 Å². The van der Waals surface area contributed by atoms with Crippen molar-refractivity contribution in [1.82, 2.24) is 0 Å². The Morgan fingerprint density at radius 1 is 1.18 bits per heavy atom. The summed E-state index contributed by atoms with van der Waals surface area (Å²) < 4.78 is 0. The first kappa shape index (κ1) is 7.39. The average molecular weight is 150 g/mol. The Bertz CT molecular complexity index is 188. The molecule has 0 aromatic heterocycles. The van der Waals surface area contributed by atoms with Gasteiger partial charge in [0.05, 0.1) is 0 Å². The molecule has 0 saturated heterocycles. The van der Waals surface area contributed by atoms with Gasteiger partial charge >= 0.3 is 0 Å². The third kappa shape index (κ3) is 0.953. The van der Waals surface area contributed by atoms with Crippen LogP contribution in [0.1, 0.15) is 46.0 Å². The second-order valence-corrected chi connectivity index (χ2v) is 5.09. The predicted octanol–water partition coefficient (Wildman–Crippen LogP) is 3.53. The van der Waals surface area contributed by atoms with Crippen molar-refractivity contribution >= 4 is 0 Å². The van der Waals surface area contributed by atoms with Crippen LogP contribution in [0.25, 0.3) is 0 Å². The molecule has 0 N–H and O–H groups in total. The maximum absolute atomic E-state index is 4.06. The van der Waals surface area contributed by atoms with E-state index in [0.717, 1.165) is 5.41 Å². The van der Waals surface area contributed by atoms with E-state index in [0.29, 0.717) is 5.41 Å². The lowest BCUT2D eigenvalue weighted by Crippen LogP contribution is -2.14. The van der Waals surface area contributed by atoms with Crippen LogP contribution >= 0.6 is 0 Å². The molecule has 0 aliphatic heterocycles. The molecule has 0 aromatic rings. The normalized spacial score (nSPS) is 32.4. The number of hydrogen-bond acceptors (Lipinski definition) is 0. The van der Waals surface area contributed by atoms with Crippen LogP contribution in [-0.4, -0.2) is 0 Å². The van der Waals surface area contributed by atoms with Crippen molar-refractivity contribution in [3.8, 4) is 0 Å². The molecule has 2 aliphatic rings. The largest absolute Gasteiger partial charge is 0.0999 e. The lowest BCUT2D eigenvalue weighted by Gasteiger charge is -2.26. The molecule has 2 saturated carbocycles. The molecule has 0 aromatic carbocycles. The topological polar surface area (TPSA) is 0 Å². The van der Waals surface area contributed by atoms with Gasteiger partial charge < -0.3 is 0 Å². The predicted molar refractivity (Wildman–Crippen MR) is 48.4 cm³/mol. The molecule has 0 bridgehead atoms. The third-order valence-electron chi connectivity index (χ3n) is 4.01. The van der Waals surface area contributed by atoms with Crippen molar-refractivity contribution in [2.75, 3.05) is 0 Å². The molecule has 1 spiro atoms. The highest BCUT2D eigenvalue weighted by Gasteiger charge is 2.60. The van der Waals surface area contributed by atoms with Crippen molar-refractivity contribution in [2.24, 2.45) is 10.8 Å². The molecule has 0 radical (unpaired) electrons. The summed E-state index contributed by atoms with van der Waals surface area (Å²) in [6, 6.07) is 0. The van der Waals surface area contributed by atoms with E-state index in [9.17, 15) is 0 Å². The van der Waals surface area contributed by atoms with Crippen LogP contribution in [0.15, 0.2) is 12.2 Å². The van der Waals surface area contributed by atoms with E-state index >= 15 is 0 Å². The molecule has 0 heteroatoms. The molecule has 11 heavy (non-hydrogen) atoms. The molecule has 2 fully saturated rings. The van der Waals surface area contributed by atoms with Crippen LogP contribution in [0.5, 0.6) is 0 Å². The summed E-state index contributed by atoms with van der Waals surface area (Å²) in [5.74, 6) is 0.